The molecule has 1 aliphatic rings. The van der Waals surface area contributed by atoms with Crippen LogP contribution in [0.4, 0.5) is 5.82 Å². The fourth-order valence-corrected chi connectivity index (χ4v) is 3.44. The summed E-state index contributed by atoms with van der Waals surface area (Å²) in [4.78, 5) is 11.2. The minimum Gasteiger partial charge on any atom is -0.356 e. The maximum atomic E-state index is 6.11. The van der Waals surface area contributed by atoms with Gasteiger partial charge in [0.1, 0.15) is 5.82 Å². The summed E-state index contributed by atoms with van der Waals surface area (Å²) >= 11 is 6.11. The van der Waals surface area contributed by atoms with Crippen LogP contribution in [0.3, 0.4) is 0 Å². The summed E-state index contributed by atoms with van der Waals surface area (Å²) < 4.78 is 0. The monoisotopic (exact) mass is 303 g/mol. The second-order valence-electron chi connectivity index (χ2n) is 6.26. The van der Waals surface area contributed by atoms with Gasteiger partial charge in [-0.2, -0.15) is 4.98 Å². The second kappa shape index (κ2) is 6.18. The molecule has 3 nitrogen and oxygen atoms in total. The van der Waals surface area contributed by atoms with Crippen LogP contribution in [0.5, 0.6) is 0 Å². The topological polar surface area (TPSA) is 29.0 Å². The number of anilines is 1. The van der Waals surface area contributed by atoms with E-state index < -0.39 is 0 Å². The van der Waals surface area contributed by atoms with E-state index in [0.717, 1.165) is 41.6 Å². The Hall–Kier alpha value is -1.35. The third-order valence-corrected chi connectivity index (χ3v) is 4.74. The van der Waals surface area contributed by atoms with Gasteiger partial charge in [0.25, 0.3) is 0 Å². The first-order valence-electron chi connectivity index (χ1n) is 7.82. The Labute approximate surface area is 131 Å². The zero-order valence-electron chi connectivity index (χ0n) is 12.7. The molecule has 1 aliphatic heterocycles. The normalized spacial score (nSPS) is 20.0. The van der Waals surface area contributed by atoms with Crippen molar-refractivity contribution in [3.63, 3.8) is 0 Å². The van der Waals surface area contributed by atoms with Gasteiger partial charge in [0.05, 0.1) is 5.52 Å². The van der Waals surface area contributed by atoms with Crippen molar-refractivity contribution < 1.29 is 0 Å². The van der Waals surface area contributed by atoms with E-state index in [1.165, 1.54) is 19.3 Å². The van der Waals surface area contributed by atoms with Crippen molar-refractivity contribution in [1.29, 1.82) is 0 Å². The van der Waals surface area contributed by atoms with Crippen molar-refractivity contribution in [2.75, 3.05) is 18.0 Å². The molecule has 2 heterocycles. The number of nitrogens with zero attached hydrogens (tertiary/aromatic N) is 3. The highest BCUT2D eigenvalue weighted by atomic mass is 35.5. The van der Waals surface area contributed by atoms with E-state index in [9.17, 15) is 0 Å². The van der Waals surface area contributed by atoms with Crippen LogP contribution in [0.1, 0.15) is 33.1 Å². The fraction of sp³-hybridized carbons (Fsp3) is 0.529. The zero-order valence-corrected chi connectivity index (χ0v) is 13.5. The number of aromatic nitrogens is 2. The minimum atomic E-state index is 0.341. The molecule has 0 bridgehead atoms. The maximum absolute atomic E-state index is 6.11. The molecule has 0 spiro atoms. The SMILES string of the molecule is CC(C)C1CCCN(c2nc(Cl)nc3ccccc23)CC1. The average Bonchev–Trinajstić information content (AvgIpc) is 2.72. The Morgan fingerprint density at radius 3 is 2.76 bits per heavy atom. The van der Waals surface area contributed by atoms with E-state index in [4.69, 9.17) is 11.6 Å². The van der Waals surface area contributed by atoms with Crippen LogP contribution < -0.4 is 4.90 Å². The van der Waals surface area contributed by atoms with E-state index in [-0.39, 0.29) is 0 Å². The van der Waals surface area contributed by atoms with Crippen molar-refractivity contribution in [3.8, 4) is 0 Å². The number of hydrogen-bond acceptors (Lipinski definition) is 3. The number of halogens is 1. The molecule has 0 amide bonds. The maximum Gasteiger partial charge on any atom is 0.224 e. The molecule has 112 valence electrons. The largest absolute Gasteiger partial charge is 0.356 e. The van der Waals surface area contributed by atoms with E-state index in [1.54, 1.807) is 0 Å². The fourth-order valence-electron chi connectivity index (χ4n) is 3.27. The Morgan fingerprint density at radius 2 is 1.95 bits per heavy atom. The van der Waals surface area contributed by atoms with Gasteiger partial charge in [-0.05, 0) is 54.8 Å². The lowest BCUT2D eigenvalue weighted by molar-refractivity contribution is 0.351. The predicted molar refractivity (Wildman–Crippen MR) is 88.9 cm³/mol. The Morgan fingerprint density at radius 1 is 1.14 bits per heavy atom. The number of benzene rings is 1. The van der Waals surface area contributed by atoms with Gasteiger partial charge in [0.2, 0.25) is 5.28 Å². The summed E-state index contributed by atoms with van der Waals surface area (Å²) in [5, 5.41) is 1.44. The highest BCUT2D eigenvalue weighted by Crippen LogP contribution is 2.30. The van der Waals surface area contributed by atoms with Gasteiger partial charge in [-0.25, -0.2) is 4.98 Å². The summed E-state index contributed by atoms with van der Waals surface area (Å²) in [6.07, 6.45) is 3.76. The molecule has 1 aromatic carbocycles. The molecule has 1 saturated heterocycles. The molecule has 1 atom stereocenters. The van der Waals surface area contributed by atoms with Gasteiger partial charge in [0, 0.05) is 18.5 Å². The first kappa shape index (κ1) is 14.6. The molecule has 4 heteroatoms. The van der Waals surface area contributed by atoms with E-state index in [0.29, 0.717) is 5.28 Å². The summed E-state index contributed by atoms with van der Waals surface area (Å²) in [5.74, 6) is 2.57. The van der Waals surface area contributed by atoms with Gasteiger partial charge < -0.3 is 4.90 Å². The molecule has 1 unspecified atom stereocenters. The Kier molecular flexibility index (Phi) is 4.29. The van der Waals surface area contributed by atoms with Crippen molar-refractivity contribution in [2.45, 2.75) is 33.1 Å². The third kappa shape index (κ3) is 3.13. The lowest BCUT2D eigenvalue weighted by Gasteiger charge is -2.23. The van der Waals surface area contributed by atoms with Gasteiger partial charge >= 0.3 is 0 Å². The molecule has 0 aliphatic carbocycles. The highest BCUT2D eigenvalue weighted by Gasteiger charge is 2.21. The van der Waals surface area contributed by atoms with Crippen LogP contribution >= 0.6 is 11.6 Å². The number of hydrogen-bond donors (Lipinski definition) is 0. The van der Waals surface area contributed by atoms with E-state index >= 15 is 0 Å². The number of fused-ring (bicyclic) bond motifs is 1. The van der Waals surface area contributed by atoms with Crippen molar-refractivity contribution in [1.82, 2.24) is 9.97 Å². The molecular formula is C17H22ClN3. The molecule has 21 heavy (non-hydrogen) atoms. The summed E-state index contributed by atoms with van der Waals surface area (Å²) in [6, 6.07) is 8.12. The summed E-state index contributed by atoms with van der Waals surface area (Å²) in [6.45, 7) is 6.77. The van der Waals surface area contributed by atoms with Crippen LogP contribution in [0.15, 0.2) is 24.3 Å². The van der Waals surface area contributed by atoms with Crippen LogP contribution in [0.25, 0.3) is 10.9 Å². The smallest absolute Gasteiger partial charge is 0.224 e. The highest BCUT2D eigenvalue weighted by molar-refractivity contribution is 6.28. The van der Waals surface area contributed by atoms with E-state index in [1.807, 2.05) is 18.2 Å². The lowest BCUT2D eigenvalue weighted by atomic mass is 9.89. The minimum absolute atomic E-state index is 0.341. The van der Waals surface area contributed by atoms with Gasteiger partial charge in [-0.1, -0.05) is 26.0 Å². The second-order valence-corrected chi connectivity index (χ2v) is 6.59. The number of rotatable bonds is 2. The molecule has 0 N–H and O–H groups in total. The van der Waals surface area contributed by atoms with E-state index in [2.05, 4.69) is 34.8 Å². The Balaban J connectivity index is 1.93. The Bertz CT molecular complexity index is 626. The van der Waals surface area contributed by atoms with Crippen molar-refractivity contribution in [2.24, 2.45) is 11.8 Å². The van der Waals surface area contributed by atoms with Crippen LogP contribution in [0.2, 0.25) is 5.28 Å². The molecule has 2 aromatic rings. The molecule has 3 rings (SSSR count). The van der Waals surface area contributed by atoms with Crippen LogP contribution in [-0.4, -0.2) is 23.1 Å². The summed E-state index contributed by atoms with van der Waals surface area (Å²) in [7, 11) is 0. The van der Waals surface area contributed by atoms with Crippen molar-refractivity contribution in [3.05, 3.63) is 29.5 Å². The molecule has 1 aromatic heterocycles. The average molecular weight is 304 g/mol. The first-order valence-corrected chi connectivity index (χ1v) is 8.20. The lowest BCUT2D eigenvalue weighted by Crippen LogP contribution is -2.26. The first-order chi connectivity index (χ1) is 10.1. The van der Waals surface area contributed by atoms with Crippen molar-refractivity contribution >= 4 is 28.3 Å². The standard InChI is InChI=1S/C17H22ClN3/c1-12(2)13-6-5-10-21(11-9-13)16-14-7-3-4-8-15(14)19-17(18)20-16/h3-4,7-8,12-13H,5-6,9-11H2,1-2H3. The summed E-state index contributed by atoms with van der Waals surface area (Å²) in [5.41, 5.74) is 0.928. The molecule has 0 saturated carbocycles. The molecule has 0 radical (unpaired) electrons. The van der Waals surface area contributed by atoms with Gasteiger partial charge in [-0.15, -0.1) is 0 Å². The molecular weight excluding hydrogens is 282 g/mol. The van der Waals surface area contributed by atoms with Crippen LogP contribution in [0, 0.1) is 11.8 Å². The quantitative estimate of drug-likeness (QED) is 0.762. The zero-order chi connectivity index (χ0) is 14.8. The predicted octanol–water partition coefficient (Wildman–Crippen LogP) is 4.55. The van der Waals surface area contributed by atoms with Crippen LogP contribution in [-0.2, 0) is 0 Å². The van der Waals surface area contributed by atoms with Gasteiger partial charge in [0.15, 0.2) is 0 Å². The number of para-hydroxylation sites is 1. The third-order valence-electron chi connectivity index (χ3n) is 4.57. The molecule has 1 fully saturated rings. The van der Waals surface area contributed by atoms with Gasteiger partial charge in [-0.3, -0.25) is 0 Å².